The SMILES string of the molecule is CNCCCCC(CO[PH](=O)OCCOCCOCCOP(=O)(OC)OC)COP(=O)(OC)O/C=C/OCCOCCOP(=O)(OC)OC.[U]. The average Bonchev–Trinajstić information content (AvgIpc) is 3.12. The van der Waals surface area contributed by atoms with Crippen molar-refractivity contribution in [1.29, 1.82) is 0 Å². The van der Waals surface area contributed by atoms with E-state index in [9.17, 15) is 18.3 Å². The Kier molecular flexibility index (Phi) is 36.2. The van der Waals surface area contributed by atoms with Gasteiger partial charge in [0.1, 0.15) is 19.1 Å². The monoisotopic (exact) mass is 1040 g/mol. The van der Waals surface area contributed by atoms with E-state index in [0.717, 1.165) is 31.9 Å². The van der Waals surface area contributed by atoms with E-state index < -0.39 is 31.7 Å². The van der Waals surface area contributed by atoms with Gasteiger partial charge in [-0.2, -0.15) is 0 Å². The number of rotatable bonds is 37. The van der Waals surface area contributed by atoms with Crippen molar-refractivity contribution >= 4 is 31.7 Å². The van der Waals surface area contributed by atoms with Gasteiger partial charge in [-0.1, -0.05) is 6.42 Å². The van der Waals surface area contributed by atoms with Crippen LogP contribution in [0.3, 0.4) is 0 Å². The molecule has 0 amide bonds. The van der Waals surface area contributed by atoms with Crippen molar-refractivity contribution in [2.75, 3.05) is 128 Å². The summed E-state index contributed by atoms with van der Waals surface area (Å²) >= 11 is 0. The number of ether oxygens (including phenoxy) is 4. The third-order valence-corrected chi connectivity index (χ3v) is 10.7. The summed E-state index contributed by atoms with van der Waals surface area (Å²) in [4.78, 5) is 0. The van der Waals surface area contributed by atoms with Gasteiger partial charge in [-0.3, -0.25) is 40.8 Å². The fraction of sp³-hybridized carbons (Fsp3) is 0.920. The molecule has 0 aliphatic carbocycles. The third kappa shape index (κ3) is 29.2. The van der Waals surface area contributed by atoms with E-state index in [2.05, 4.69) is 23.4 Å². The molecule has 0 aromatic carbocycles. The van der Waals surface area contributed by atoms with Crippen molar-refractivity contribution in [3.63, 3.8) is 0 Å². The van der Waals surface area contributed by atoms with Crippen molar-refractivity contribution in [2.45, 2.75) is 19.3 Å². The molecule has 50 heavy (non-hydrogen) atoms. The van der Waals surface area contributed by atoms with Crippen molar-refractivity contribution in [3.05, 3.63) is 12.5 Å². The first-order valence-corrected chi connectivity index (χ1v) is 20.8. The molecule has 3 atom stereocenters. The van der Waals surface area contributed by atoms with Gasteiger partial charge in [0.05, 0.1) is 72.7 Å². The van der Waals surface area contributed by atoms with E-state index in [-0.39, 0.29) is 116 Å². The molecule has 0 rings (SSSR count). The first-order valence-electron chi connectivity index (χ1n) is 15.2. The second-order valence-corrected chi connectivity index (χ2v) is 15.7. The fourth-order valence-electron chi connectivity index (χ4n) is 3.20. The van der Waals surface area contributed by atoms with Crippen LogP contribution in [-0.4, -0.2) is 128 Å². The Balaban J connectivity index is 0. The van der Waals surface area contributed by atoms with Crippen LogP contribution in [0.25, 0.3) is 0 Å². The van der Waals surface area contributed by atoms with Crippen molar-refractivity contribution < 1.29 is 118 Å². The average molecular weight is 1040 g/mol. The summed E-state index contributed by atoms with van der Waals surface area (Å²) in [6.45, 7) is 2.02. The standard InChI is InChI=1S/C25H55NO19P4.U/c1-26-10-8-7-9-25(23-41-46(27)40-19-15-36-11-12-37-16-20-42-47(28,31-2)32-3)24-45-49(30,35-6)44-22-18-39-14-13-38-17-21-43-48(29,33-4)34-5;/h18,22,25-26,46H,7-17,19-21,23-24H2,1-6H3;/b22-18+;. The van der Waals surface area contributed by atoms with E-state index in [1.807, 2.05) is 7.05 Å². The molecule has 0 radical (unpaired) electrons. The molecule has 298 valence electrons. The molecule has 0 aromatic heterocycles. The molecule has 0 saturated heterocycles. The summed E-state index contributed by atoms with van der Waals surface area (Å²) in [5.41, 5.74) is 0. The van der Waals surface area contributed by atoms with Gasteiger partial charge in [0.25, 0.3) is 0 Å². The Morgan fingerprint density at radius 1 is 0.600 bits per heavy atom. The molecular formula is C25H55NO19P4U. The van der Waals surface area contributed by atoms with Gasteiger partial charge in [0.15, 0.2) is 0 Å². The number of phosphoric acid groups is 3. The molecule has 0 spiro atoms. The van der Waals surface area contributed by atoms with Crippen LogP contribution in [0.1, 0.15) is 19.3 Å². The third-order valence-electron chi connectivity index (χ3n) is 5.77. The van der Waals surface area contributed by atoms with E-state index >= 15 is 0 Å². The van der Waals surface area contributed by atoms with E-state index in [1.165, 1.54) is 35.5 Å². The molecule has 3 unspecified atom stereocenters. The quantitative estimate of drug-likeness (QED) is 0.0512. The van der Waals surface area contributed by atoms with Crippen LogP contribution in [-0.2, 0) is 87.0 Å². The van der Waals surface area contributed by atoms with Gasteiger partial charge in [-0.15, -0.1) is 0 Å². The molecule has 25 heteroatoms. The maximum atomic E-state index is 12.9. The van der Waals surface area contributed by atoms with Crippen LogP contribution in [0.15, 0.2) is 12.5 Å². The smallest absolute Gasteiger partial charge is 0.496 e. The van der Waals surface area contributed by atoms with Crippen molar-refractivity contribution in [2.24, 2.45) is 5.92 Å². The van der Waals surface area contributed by atoms with Gasteiger partial charge in [0.2, 0.25) is 0 Å². The van der Waals surface area contributed by atoms with Crippen LogP contribution < -0.4 is 5.32 Å². The Bertz CT molecular complexity index is 985. The van der Waals surface area contributed by atoms with Crippen LogP contribution in [0.5, 0.6) is 0 Å². The minimum absolute atomic E-state index is 0. The zero-order chi connectivity index (χ0) is 36.7. The van der Waals surface area contributed by atoms with Gasteiger partial charge in [-0.05, 0) is 26.4 Å². The molecule has 0 heterocycles. The molecule has 0 aromatic rings. The zero-order valence-corrected chi connectivity index (χ0v) is 37.5. The predicted octanol–water partition coefficient (Wildman–Crippen LogP) is 4.58. The summed E-state index contributed by atoms with van der Waals surface area (Å²) in [6, 6.07) is 0. The van der Waals surface area contributed by atoms with Crippen molar-refractivity contribution in [1.82, 2.24) is 5.32 Å². The minimum atomic E-state index is -3.98. The van der Waals surface area contributed by atoms with Crippen molar-refractivity contribution in [3.8, 4) is 0 Å². The van der Waals surface area contributed by atoms with Crippen LogP contribution in [0, 0.1) is 37.0 Å². The summed E-state index contributed by atoms with van der Waals surface area (Å²) in [6.07, 6.45) is 4.49. The second-order valence-electron chi connectivity index (χ2n) is 9.18. The molecule has 0 aliphatic rings. The molecule has 1 N–H and O–H groups in total. The Morgan fingerprint density at radius 3 is 1.62 bits per heavy atom. The largest absolute Gasteiger partial charge is 0.529 e. The van der Waals surface area contributed by atoms with E-state index in [4.69, 9.17) is 50.6 Å². The Morgan fingerprint density at radius 2 is 1.10 bits per heavy atom. The maximum absolute atomic E-state index is 12.9. The normalized spacial score (nSPS) is 14.7. The minimum Gasteiger partial charge on any atom is -0.496 e. The molecule has 20 nitrogen and oxygen atoms in total. The summed E-state index contributed by atoms with van der Waals surface area (Å²) in [5.74, 6) is -0.288. The van der Waals surface area contributed by atoms with Gasteiger partial charge in [0, 0.05) is 72.6 Å². The predicted molar refractivity (Wildman–Crippen MR) is 177 cm³/mol. The van der Waals surface area contributed by atoms with Crippen LogP contribution in [0.4, 0.5) is 0 Å². The molecular weight excluding hydrogens is 980 g/mol. The topological polar surface area (TPSA) is 219 Å². The number of hydrogen-bond acceptors (Lipinski definition) is 20. The Hall–Kier alpha value is 0.752. The maximum Gasteiger partial charge on any atom is 0.529 e. The summed E-state index contributed by atoms with van der Waals surface area (Å²) in [5, 5.41) is 3.07. The summed E-state index contributed by atoms with van der Waals surface area (Å²) in [7, 11) is -6.03. The van der Waals surface area contributed by atoms with E-state index in [1.54, 1.807) is 0 Å². The first kappa shape index (κ1) is 52.9. The van der Waals surface area contributed by atoms with Gasteiger partial charge >= 0.3 is 31.7 Å². The van der Waals surface area contributed by atoms with E-state index in [0.29, 0.717) is 6.42 Å². The van der Waals surface area contributed by atoms with Crippen LogP contribution >= 0.6 is 31.7 Å². The fourth-order valence-corrected chi connectivity index (χ4v) is 6.06. The number of unbranched alkanes of at least 4 members (excludes halogenated alkanes) is 1. The molecule has 0 fully saturated rings. The molecule has 0 saturated carbocycles. The molecule has 0 aliphatic heterocycles. The van der Waals surface area contributed by atoms with Crippen LogP contribution in [0.2, 0.25) is 0 Å². The molecule has 0 bridgehead atoms. The zero-order valence-electron chi connectivity index (χ0n) is 29.6. The Labute approximate surface area is 319 Å². The first-order chi connectivity index (χ1) is 23.5. The number of nitrogens with one attached hydrogen (secondary N) is 1. The summed E-state index contributed by atoms with van der Waals surface area (Å²) < 4.78 is 124. The van der Waals surface area contributed by atoms with Gasteiger partial charge in [-0.25, -0.2) is 13.7 Å². The number of phosphoric ester groups is 3. The number of hydrogen-bond donors (Lipinski definition) is 1. The second kappa shape index (κ2) is 34.3. The van der Waals surface area contributed by atoms with Gasteiger partial charge < -0.3 is 37.8 Å².